The molecule has 0 heterocycles. The Bertz CT molecular complexity index is 313. The lowest BCUT2D eigenvalue weighted by Crippen LogP contribution is -2.44. The molecular formula is C4H3F5O3S. The second-order valence-corrected chi connectivity index (χ2v) is 4.00. The number of hydrogen-bond acceptors (Lipinski definition) is 3. The number of sulfone groups is 1. The molecule has 0 aromatic carbocycles. The average molecular weight is 226 g/mol. The Labute approximate surface area is 69.4 Å². The lowest BCUT2D eigenvalue weighted by Gasteiger charge is -2.15. The molecule has 0 aromatic heterocycles. The quantitative estimate of drug-likeness (QED) is 0.662. The fourth-order valence-electron chi connectivity index (χ4n) is 0.335. The Kier molecular flexibility index (Phi) is 2.73. The van der Waals surface area contributed by atoms with Gasteiger partial charge in [0, 0.05) is 6.92 Å². The highest BCUT2D eigenvalue weighted by atomic mass is 32.2. The summed E-state index contributed by atoms with van der Waals surface area (Å²) in [7, 11) is -6.76. The highest BCUT2D eigenvalue weighted by molar-refractivity contribution is 7.94. The molecule has 0 amide bonds. The number of carbonyl (C=O) groups is 1. The molecule has 0 atom stereocenters. The first-order chi connectivity index (χ1) is 5.44. The van der Waals surface area contributed by atoms with Gasteiger partial charge in [0.25, 0.3) is 0 Å². The standard InChI is InChI=1S/C4H3F5O3S/c1-2(10)3(5,6)13(11,12)4(7,8)9/h1H3. The van der Waals surface area contributed by atoms with Gasteiger partial charge in [-0.1, -0.05) is 0 Å². The first-order valence-corrected chi connectivity index (χ1v) is 4.12. The summed E-state index contributed by atoms with van der Waals surface area (Å²) in [5, 5.41) is -5.41. The maximum absolute atomic E-state index is 12.2. The van der Waals surface area contributed by atoms with Gasteiger partial charge in [0.05, 0.1) is 0 Å². The summed E-state index contributed by atoms with van der Waals surface area (Å²) in [5.41, 5.74) is -6.14. The molecule has 78 valence electrons. The second kappa shape index (κ2) is 2.89. The van der Waals surface area contributed by atoms with Crippen molar-refractivity contribution in [3.8, 4) is 0 Å². The van der Waals surface area contributed by atoms with E-state index < -0.39 is 26.4 Å². The van der Waals surface area contributed by atoms with Crippen LogP contribution in [0, 0.1) is 0 Å². The average Bonchev–Trinajstić information content (AvgIpc) is 1.84. The van der Waals surface area contributed by atoms with Crippen molar-refractivity contribution in [2.45, 2.75) is 17.7 Å². The van der Waals surface area contributed by atoms with Crippen LogP contribution in [0.15, 0.2) is 0 Å². The number of rotatable bonds is 2. The smallest absolute Gasteiger partial charge is 0.292 e. The Morgan fingerprint density at radius 2 is 1.38 bits per heavy atom. The van der Waals surface area contributed by atoms with Crippen molar-refractivity contribution < 1.29 is 35.2 Å². The molecule has 0 saturated carbocycles. The van der Waals surface area contributed by atoms with Crippen LogP contribution >= 0.6 is 0 Å². The maximum atomic E-state index is 12.2. The molecule has 0 unspecified atom stereocenters. The van der Waals surface area contributed by atoms with E-state index in [1.54, 1.807) is 0 Å². The van der Waals surface area contributed by atoms with Gasteiger partial charge in [-0.05, 0) is 0 Å². The van der Waals surface area contributed by atoms with Crippen LogP contribution in [-0.2, 0) is 14.6 Å². The van der Waals surface area contributed by atoms with Crippen LogP contribution in [0.1, 0.15) is 6.92 Å². The molecule has 0 spiro atoms. The Morgan fingerprint density at radius 1 is 1.08 bits per heavy atom. The highest BCUT2D eigenvalue weighted by Crippen LogP contribution is 2.36. The molecule has 0 radical (unpaired) electrons. The summed E-state index contributed by atoms with van der Waals surface area (Å²) in [4.78, 5) is 9.93. The van der Waals surface area contributed by atoms with E-state index in [9.17, 15) is 35.2 Å². The summed E-state index contributed by atoms with van der Waals surface area (Å²) in [6.07, 6.45) is 0. The normalized spacial score (nSPS) is 14.3. The minimum absolute atomic E-state index is 0.0588. The van der Waals surface area contributed by atoms with E-state index in [1.807, 2.05) is 0 Å². The number of Topliss-reactive ketones (excluding diaryl/α,β-unsaturated/α-hetero) is 1. The molecule has 0 aliphatic carbocycles. The molecule has 0 aliphatic rings. The van der Waals surface area contributed by atoms with Gasteiger partial charge in [0.2, 0.25) is 5.78 Å². The van der Waals surface area contributed by atoms with Gasteiger partial charge in [-0.3, -0.25) is 4.79 Å². The van der Waals surface area contributed by atoms with Gasteiger partial charge >= 0.3 is 20.6 Å². The Balaban J connectivity index is 5.45. The fourth-order valence-corrected chi connectivity index (χ4v) is 1.00. The third-order valence-corrected chi connectivity index (χ3v) is 2.62. The van der Waals surface area contributed by atoms with Crippen molar-refractivity contribution in [1.29, 1.82) is 0 Å². The van der Waals surface area contributed by atoms with Crippen LogP contribution in [0.5, 0.6) is 0 Å². The maximum Gasteiger partial charge on any atom is 0.503 e. The van der Waals surface area contributed by atoms with Gasteiger partial charge in [-0.2, -0.15) is 22.0 Å². The molecule has 0 saturated heterocycles. The van der Waals surface area contributed by atoms with Crippen LogP contribution in [0.2, 0.25) is 0 Å². The van der Waals surface area contributed by atoms with Gasteiger partial charge in [0.15, 0.2) is 0 Å². The predicted molar refractivity (Wildman–Crippen MR) is 30.6 cm³/mol. The van der Waals surface area contributed by atoms with E-state index >= 15 is 0 Å². The summed E-state index contributed by atoms with van der Waals surface area (Å²) in [5.74, 6) is -2.37. The van der Waals surface area contributed by atoms with E-state index in [0.717, 1.165) is 0 Å². The molecular weight excluding hydrogens is 223 g/mol. The minimum atomic E-state index is -6.76. The van der Waals surface area contributed by atoms with E-state index in [2.05, 4.69) is 0 Å². The van der Waals surface area contributed by atoms with Crippen LogP contribution in [0.4, 0.5) is 22.0 Å². The summed E-state index contributed by atoms with van der Waals surface area (Å²) < 4.78 is 78.8. The monoisotopic (exact) mass is 226 g/mol. The number of hydrogen-bond donors (Lipinski definition) is 0. The third-order valence-electron chi connectivity index (χ3n) is 1.05. The zero-order valence-corrected chi connectivity index (χ0v) is 6.84. The molecule has 3 nitrogen and oxygen atoms in total. The van der Waals surface area contributed by atoms with E-state index in [1.165, 1.54) is 0 Å². The Hall–Kier alpha value is -0.730. The lowest BCUT2D eigenvalue weighted by atomic mass is 10.5. The summed E-state index contributed by atoms with van der Waals surface area (Å²) >= 11 is 0. The van der Waals surface area contributed by atoms with Crippen LogP contribution < -0.4 is 0 Å². The Morgan fingerprint density at radius 3 is 1.46 bits per heavy atom. The first-order valence-electron chi connectivity index (χ1n) is 2.64. The number of halogens is 5. The number of alkyl halides is 5. The fraction of sp³-hybridized carbons (Fsp3) is 0.750. The molecule has 0 aromatic rings. The molecule has 0 N–H and O–H groups in total. The van der Waals surface area contributed by atoms with Gasteiger partial charge in [-0.15, -0.1) is 0 Å². The topological polar surface area (TPSA) is 51.2 Å². The van der Waals surface area contributed by atoms with Crippen LogP contribution in [0.3, 0.4) is 0 Å². The third kappa shape index (κ3) is 1.79. The summed E-state index contributed by atoms with van der Waals surface area (Å²) in [6, 6.07) is 0. The zero-order chi connectivity index (χ0) is 11.1. The second-order valence-electron chi connectivity index (χ2n) is 2.02. The largest absolute Gasteiger partial charge is 0.503 e. The van der Waals surface area contributed by atoms with Crippen molar-refractivity contribution >= 4 is 15.6 Å². The lowest BCUT2D eigenvalue weighted by molar-refractivity contribution is -0.133. The molecule has 0 fully saturated rings. The van der Waals surface area contributed by atoms with E-state index in [-0.39, 0.29) is 6.92 Å². The highest BCUT2D eigenvalue weighted by Gasteiger charge is 2.64. The minimum Gasteiger partial charge on any atom is -0.292 e. The van der Waals surface area contributed by atoms with Crippen molar-refractivity contribution in [2.75, 3.05) is 0 Å². The SMILES string of the molecule is CC(=O)C(F)(F)S(=O)(=O)C(F)(F)F. The van der Waals surface area contributed by atoms with Crippen molar-refractivity contribution in [2.24, 2.45) is 0 Å². The molecule has 0 rings (SSSR count). The van der Waals surface area contributed by atoms with Crippen LogP contribution in [-0.4, -0.2) is 25.0 Å². The van der Waals surface area contributed by atoms with Crippen molar-refractivity contribution in [3.05, 3.63) is 0 Å². The van der Waals surface area contributed by atoms with Crippen LogP contribution in [0.25, 0.3) is 0 Å². The number of ketones is 1. The van der Waals surface area contributed by atoms with E-state index in [4.69, 9.17) is 0 Å². The molecule has 0 bridgehead atoms. The first kappa shape index (κ1) is 12.3. The predicted octanol–water partition coefficient (Wildman–Crippen LogP) is 1.10. The molecule has 9 heteroatoms. The van der Waals surface area contributed by atoms with Gasteiger partial charge < -0.3 is 0 Å². The number of carbonyl (C=O) groups excluding carboxylic acids is 1. The van der Waals surface area contributed by atoms with Crippen molar-refractivity contribution in [1.82, 2.24) is 0 Å². The van der Waals surface area contributed by atoms with Crippen molar-refractivity contribution in [3.63, 3.8) is 0 Å². The van der Waals surface area contributed by atoms with E-state index in [0.29, 0.717) is 0 Å². The summed E-state index contributed by atoms with van der Waals surface area (Å²) in [6.45, 7) is 0.0588. The van der Waals surface area contributed by atoms with Gasteiger partial charge in [-0.25, -0.2) is 8.42 Å². The molecule has 13 heavy (non-hydrogen) atoms. The van der Waals surface area contributed by atoms with Gasteiger partial charge in [0.1, 0.15) is 0 Å². The zero-order valence-electron chi connectivity index (χ0n) is 6.02. The molecule has 0 aliphatic heterocycles.